The summed E-state index contributed by atoms with van der Waals surface area (Å²) >= 11 is 0. The van der Waals surface area contributed by atoms with Gasteiger partial charge in [0.15, 0.2) is 0 Å². The highest BCUT2D eigenvalue weighted by Crippen LogP contribution is 2.40. The van der Waals surface area contributed by atoms with Crippen LogP contribution in [0.25, 0.3) is 71.9 Å². The van der Waals surface area contributed by atoms with Crippen molar-refractivity contribution in [3.8, 4) is 39.7 Å². The Morgan fingerprint density at radius 1 is 0.574 bits per heavy atom. The zero-order valence-electron chi connectivity index (χ0n) is 26.1. The first-order chi connectivity index (χ1) is 23.2. The SMILES string of the molecule is CC1=CCCc2c1c1ccccc1n2-c1cccc(-c2cccc(-c3ccc(C#N)cc3-n3c4ccccc4c4ccccc43)c2)c1. The number of rotatable bonds is 4. The molecule has 6 aromatic carbocycles. The molecule has 0 N–H and O–H groups in total. The summed E-state index contributed by atoms with van der Waals surface area (Å²) in [4.78, 5) is 0. The van der Waals surface area contributed by atoms with Gasteiger partial charge in [0, 0.05) is 38.7 Å². The molecular weight excluding hydrogens is 571 g/mol. The van der Waals surface area contributed by atoms with Crippen LogP contribution in [0.4, 0.5) is 0 Å². The third-order valence-corrected chi connectivity index (χ3v) is 9.76. The van der Waals surface area contributed by atoms with Gasteiger partial charge in [-0.2, -0.15) is 5.26 Å². The lowest BCUT2D eigenvalue weighted by molar-refractivity contribution is 0.883. The molecule has 0 unspecified atom stereocenters. The number of nitrogens with zero attached hydrogens (tertiary/aromatic N) is 3. The van der Waals surface area contributed by atoms with Crippen LogP contribution in [0.2, 0.25) is 0 Å². The fourth-order valence-corrected chi connectivity index (χ4v) is 7.70. The minimum atomic E-state index is 0.641. The molecule has 2 aromatic heterocycles. The molecule has 0 bridgehead atoms. The average Bonchev–Trinajstić information content (AvgIpc) is 3.65. The Hall–Kier alpha value is -6.11. The first-order valence-corrected chi connectivity index (χ1v) is 16.2. The molecule has 1 aliphatic rings. The van der Waals surface area contributed by atoms with E-state index in [1.54, 1.807) is 0 Å². The number of aromatic nitrogens is 2. The number of allylic oxidation sites excluding steroid dienone is 2. The molecule has 9 rings (SSSR count). The van der Waals surface area contributed by atoms with Crippen molar-refractivity contribution in [3.63, 3.8) is 0 Å². The summed E-state index contributed by atoms with van der Waals surface area (Å²) in [7, 11) is 0. The fraction of sp³-hybridized carbons (Fsp3) is 0.0682. The topological polar surface area (TPSA) is 33.6 Å². The maximum absolute atomic E-state index is 9.93. The zero-order chi connectivity index (χ0) is 31.5. The molecule has 0 radical (unpaired) electrons. The molecule has 0 saturated carbocycles. The van der Waals surface area contributed by atoms with Crippen molar-refractivity contribution in [2.45, 2.75) is 19.8 Å². The van der Waals surface area contributed by atoms with Gasteiger partial charge in [0.05, 0.1) is 33.9 Å². The van der Waals surface area contributed by atoms with E-state index < -0.39 is 0 Å². The van der Waals surface area contributed by atoms with E-state index in [2.05, 4.69) is 156 Å². The number of hydrogen-bond acceptors (Lipinski definition) is 1. The monoisotopic (exact) mass is 601 g/mol. The van der Waals surface area contributed by atoms with Gasteiger partial charge in [-0.3, -0.25) is 0 Å². The van der Waals surface area contributed by atoms with Gasteiger partial charge in [-0.05, 0) is 90.6 Å². The minimum Gasteiger partial charge on any atom is -0.313 e. The maximum Gasteiger partial charge on any atom is 0.0992 e. The van der Waals surface area contributed by atoms with Crippen LogP contribution in [0.15, 0.2) is 146 Å². The molecule has 47 heavy (non-hydrogen) atoms. The molecule has 0 spiro atoms. The molecule has 8 aromatic rings. The van der Waals surface area contributed by atoms with E-state index in [4.69, 9.17) is 0 Å². The lowest BCUT2D eigenvalue weighted by atomic mass is 9.95. The Balaban J connectivity index is 1.21. The lowest BCUT2D eigenvalue weighted by Crippen LogP contribution is -2.04. The molecule has 0 atom stereocenters. The molecular formula is C44H31N3. The summed E-state index contributed by atoms with van der Waals surface area (Å²) < 4.78 is 4.78. The summed E-state index contributed by atoms with van der Waals surface area (Å²) in [5, 5.41) is 13.7. The molecule has 0 aliphatic heterocycles. The Bertz CT molecular complexity index is 2550. The summed E-state index contributed by atoms with van der Waals surface area (Å²) in [5.74, 6) is 0. The van der Waals surface area contributed by atoms with Crippen molar-refractivity contribution in [2.24, 2.45) is 0 Å². The number of nitriles is 1. The average molecular weight is 602 g/mol. The maximum atomic E-state index is 9.93. The van der Waals surface area contributed by atoms with Crippen molar-refractivity contribution in [1.82, 2.24) is 9.13 Å². The van der Waals surface area contributed by atoms with Crippen molar-refractivity contribution in [2.75, 3.05) is 0 Å². The van der Waals surface area contributed by atoms with E-state index in [1.807, 2.05) is 12.1 Å². The Morgan fingerprint density at radius 3 is 1.91 bits per heavy atom. The first kappa shape index (κ1) is 27.2. The van der Waals surface area contributed by atoms with E-state index >= 15 is 0 Å². The minimum absolute atomic E-state index is 0.641. The quantitative estimate of drug-likeness (QED) is 0.198. The molecule has 0 fully saturated rings. The van der Waals surface area contributed by atoms with Crippen LogP contribution in [0.1, 0.15) is 30.2 Å². The van der Waals surface area contributed by atoms with E-state index in [0.717, 1.165) is 46.3 Å². The molecule has 0 amide bonds. The normalized spacial score (nSPS) is 12.7. The number of hydrogen-bond donors (Lipinski definition) is 0. The van der Waals surface area contributed by atoms with Crippen molar-refractivity contribution in [3.05, 3.63) is 162 Å². The van der Waals surface area contributed by atoms with Crippen LogP contribution in [0.3, 0.4) is 0 Å². The highest BCUT2D eigenvalue weighted by Gasteiger charge is 2.22. The molecule has 0 saturated heterocycles. The van der Waals surface area contributed by atoms with Crippen LogP contribution in [0, 0.1) is 11.3 Å². The van der Waals surface area contributed by atoms with Crippen LogP contribution < -0.4 is 0 Å². The second kappa shape index (κ2) is 10.8. The highest BCUT2D eigenvalue weighted by molar-refractivity contribution is 6.09. The van der Waals surface area contributed by atoms with Gasteiger partial charge in [0.1, 0.15) is 0 Å². The van der Waals surface area contributed by atoms with Gasteiger partial charge in [-0.25, -0.2) is 0 Å². The standard InChI is InChI=1S/C44H31N3/c1-29-11-8-22-42-44(29)38-18-4-7-21-41(38)46(42)34-15-10-13-32(27-34)31-12-9-14-33(26-31)35-24-23-30(28-45)25-43(35)47-39-19-5-2-16-36(39)37-17-3-6-20-40(37)47/h2-7,9-21,23-27H,8,22H2,1H3. The summed E-state index contributed by atoms with van der Waals surface area (Å²) in [5.41, 5.74) is 15.0. The smallest absolute Gasteiger partial charge is 0.0992 e. The van der Waals surface area contributed by atoms with Gasteiger partial charge in [-0.1, -0.05) is 97.1 Å². The van der Waals surface area contributed by atoms with Crippen LogP contribution in [0.5, 0.6) is 0 Å². The predicted octanol–water partition coefficient (Wildman–Crippen LogP) is 11.3. The molecule has 2 heterocycles. The largest absolute Gasteiger partial charge is 0.313 e. The second-order valence-corrected chi connectivity index (χ2v) is 12.4. The van der Waals surface area contributed by atoms with E-state index in [9.17, 15) is 5.26 Å². The second-order valence-electron chi connectivity index (χ2n) is 12.4. The van der Waals surface area contributed by atoms with Crippen LogP contribution >= 0.6 is 0 Å². The third-order valence-electron chi connectivity index (χ3n) is 9.76. The van der Waals surface area contributed by atoms with Gasteiger partial charge in [0.25, 0.3) is 0 Å². The fourth-order valence-electron chi connectivity index (χ4n) is 7.70. The number of para-hydroxylation sites is 3. The summed E-state index contributed by atoms with van der Waals surface area (Å²) in [6.07, 6.45) is 4.47. The molecule has 3 nitrogen and oxygen atoms in total. The third kappa shape index (κ3) is 4.26. The predicted molar refractivity (Wildman–Crippen MR) is 195 cm³/mol. The van der Waals surface area contributed by atoms with Gasteiger partial charge < -0.3 is 9.13 Å². The lowest BCUT2D eigenvalue weighted by Gasteiger charge is -2.17. The van der Waals surface area contributed by atoms with Crippen molar-refractivity contribution < 1.29 is 0 Å². The van der Waals surface area contributed by atoms with E-state index in [-0.39, 0.29) is 0 Å². The summed E-state index contributed by atoms with van der Waals surface area (Å²) in [6.45, 7) is 2.24. The van der Waals surface area contributed by atoms with Gasteiger partial charge in [-0.15, -0.1) is 0 Å². The van der Waals surface area contributed by atoms with E-state index in [1.165, 1.54) is 49.8 Å². The number of benzene rings is 6. The van der Waals surface area contributed by atoms with Crippen molar-refractivity contribution in [1.29, 1.82) is 5.26 Å². The van der Waals surface area contributed by atoms with Crippen molar-refractivity contribution >= 4 is 38.3 Å². The zero-order valence-corrected chi connectivity index (χ0v) is 26.1. The van der Waals surface area contributed by atoms with Gasteiger partial charge >= 0.3 is 0 Å². The van der Waals surface area contributed by atoms with E-state index in [0.29, 0.717) is 5.56 Å². The Labute approximate surface area is 273 Å². The van der Waals surface area contributed by atoms with Crippen LogP contribution in [-0.4, -0.2) is 9.13 Å². The highest BCUT2D eigenvalue weighted by atomic mass is 15.0. The van der Waals surface area contributed by atoms with Gasteiger partial charge in [0.2, 0.25) is 0 Å². The Kier molecular flexibility index (Phi) is 6.23. The van der Waals surface area contributed by atoms with Crippen LogP contribution in [-0.2, 0) is 6.42 Å². The molecule has 222 valence electrons. The summed E-state index contributed by atoms with van der Waals surface area (Å²) in [6, 6.07) is 52.0. The molecule has 3 heteroatoms. The Morgan fingerprint density at radius 2 is 1.19 bits per heavy atom. The first-order valence-electron chi connectivity index (χ1n) is 16.2. The molecule has 1 aliphatic carbocycles. The number of fused-ring (bicyclic) bond motifs is 6.